The highest BCUT2D eigenvalue weighted by Crippen LogP contribution is 2.25. The number of hydrogen-bond donors (Lipinski definition) is 2. The van der Waals surface area contributed by atoms with Gasteiger partial charge in [-0.1, -0.05) is 6.07 Å². The molecule has 4 nitrogen and oxygen atoms in total. The molecule has 0 radical (unpaired) electrons. The van der Waals surface area contributed by atoms with E-state index in [9.17, 15) is 4.79 Å². The van der Waals surface area contributed by atoms with Gasteiger partial charge in [-0.05, 0) is 55.9 Å². The van der Waals surface area contributed by atoms with E-state index in [4.69, 9.17) is 15.6 Å². The van der Waals surface area contributed by atoms with Gasteiger partial charge >= 0.3 is 5.97 Å². The first-order valence-electron chi connectivity index (χ1n) is 6.08. The standard InChI is InChI=1S/C14H21NO3/c1-9-7-10(2)11(13(8-9)18-3)5-4-6-12(15)14(16)17/h7-8,12H,4-6,15H2,1-3H3,(H,16,17). The van der Waals surface area contributed by atoms with Gasteiger partial charge in [-0.2, -0.15) is 0 Å². The van der Waals surface area contributed by atoms with E-state index in [1.54, 1.807) is 7.11 Å². The van der Waals surface area contributed by atoms with Crippen LogP contribution < -0.4 is 10.5 Å². The van der Waals surface area contributed by atoms with Gasteiger partial charge in [-0.25, -0.2) is 0 Å². The molecule has 1 rings (SSSR count). The fourth-order valence-corrected chi connectivity index (χ4v) is 2.08. The normalized spacial score (nSPS) is 12.2. The van der Waals surface area contributed by atoms with E-state index in [0.717, 1.165) is 29.7 Å². The van der Waals surface area contributed by atoms with Gasteiger partial charge in [0.15, 0.2) is 0 Å². The number of carboxylic acids is 1. The minimum absolute atomic E-state index is 0.478. The van der Waals surface area contributed by atoms with E-state index >= 15 is 0 Å². The number of carboxylic acid groups (broad SMARTS) is 1. The first kappa shape index (κ1) is 14.5. The minimum Gasteiger partial charge on any atom is -0.496 e. The van der Waals surface area contributed by atoms with E-state index < -0.39 is 12.0 Å². The molecule has 0 fully saturated rings. The quantitative estimate of drug-likeness (QED) is 0.811. The highest BCUT2D eigenvalue weighted by Gasteiger charge is 2.12. The van der Waals surface area contributed by atoms with Crippen LogP contribution in [0.2, 0.25) is 0 Å². The Morgan fingerprint density at radius 2 is 2.11 bits per heavy atom. The van der Waals surface area contributed by atoms with Crippen LogP contribution in [0.1, 0.15) is 29.5 Å². The van der Waals surface area contributed by atoms with Crippen LogP contribution in [0.25, 0.3) is 0 Å². The van der Waals surface area contributed by atoms with Crippen LogP contribution >= 0.6 is 0 Å². The predicted octanol–water partition coefficient (Wildman–Crippen LogP) is 2.05. The van der Waals surface area contributed by atoms with Crippen molar-refractivity contribution in [2.45, 2.75) is 39.2 Å². The summed E-state index contributed by atoms with van der Waals surface area (Å²) in [6.07, 6.45) is 2.01. The van der Waals surface area contributed by atoms with E-state index in [1.807, 2.05) is 19.9 Å². The fraction of sp³-hybridized carbons (Fsp3) is 0.500. The topological polar surface area (TPSA) is 72.5 Å². The van der Waals surface area contributed by atoms with Gasteiger partial charge in [0.25, 0.3) is 0 Å². The maximum Gasteiger partial charge on any atom is 0.320 e. The lowest BCUT2D eigenvalue weighted by atomic mass is 9.98. The lowest BCUT2D eigenvalue weighted by Gasteiger charge is -2.13. The Morgan fingerprint density at radius 3 is 2.67 bits per heavy atom. The van der Waals surface area contributed by atoms with Crippen molar-refractivity contribution in [1.82, 2.24) is 0 Å². The van der Waals surface area contributed by atoms with Crippen LogP contribution in [0.15, 0.2) is 12.1 Å². The summed E-state index contributed by atoms with van der Waals surface area (Å²) in [6, 6.07) is 3.33. The molecule has 1 aromatic carbocycles. The zero-order chi connectivity index (χ0) is 13.7. The highest BCUT2D eigenvalue weighted by molar-refractivity contribution is 5.72. The van der Waals surface area contributed by atoms with Crippen molar-refractivity contribution in [3.63, 3.8) is 0 Å². The van der Waals surface area contributed by atoms with Gasteiger partial charge in [0.1, 0.15) is 11.8 Å². The van der Waals surface area contributed by atoms with Crippen molar-refractivity contribution < 1.29 is 14.6 Å². The molecular formula is C14H21NO3. The molecule has 0 saturated heterocycles. The zero-order valence-electron chi connectivity index (χ0n) is 11.2. The number of nitrogens with two attached hydrogens (primary N) is 1. The Kier molecular flexibility index (Phi) is 5.16. The fourth-order valence-electron chi connectivity index (χ4n) is 2.08. The molecule has 4 heteroatoms. The molecule has 18 heavy (non-hydrogen) atoms. The Bertz CT molecular complexity index is 429. The average Bonchev–Trinajstić information content (AvgIpc) is 2.30. The molecule has 0 heterocycles. The Hall–Kier alpha value is -1.55. The number of benzene rings is 1. The van der Waals surface area contributed by atoms with Crippen molar-refractivity contribution in [1.29, 1.82) is 0 Å². The maximum absolute atomic E-state index is 10.6. The molecule has 0 bridgehead atoms. The summed E-state index contributed by atoms with van der Waals surface area (Å²) in [7, 11) is 1.65. The van der Waals surface area contributed by atoms with Crippen molar-refractivity contribution in [3.05, 3.63) is 28.8 Å². The van der Waals surface area contributed by atoms with Crippen LogP contribution in [0, 0.1) is 13.8 Å². The van der Waals surface area contributed by atoms with Crippen molar-refractivity contribution in [3.8, 4) is 5.75 Å². The molecule has 1 aromatic rings. The second kappa shape index (κ2) is 6.40. The summed E-state index contributed by atoms with van der Waals surface area (Å²) in [4.78, 5) is 10.6. The maximum atomic E-state index is 10.6. The summed E-state index contributed by atoms with van der Waals surface area (Å²) in [5.41, 5.74) is 8.96. The minimum atomic E-state index is -0.942. The number of methoxy groups -OCH3 is 1. The first-order valence-corrected chi connectivity index (χ1v) is 6.08. The highest BCUT2D eigenvalue weighted by atomic mass is 16.5. The van der Waals surface area contributed by atoms with Crippen LogP contribution in [0.4, 0.5) is 0 Å². The number of ether oxygens (including phenoxy) is 1. The Labute approximate surface area is 108 Å². The number of aryl methyl sites for hydroxylation is 2. The molecule has 100 valence electrons. The summed E-state index contributed by atoms with van der Waals surface area (Å²) in [6.45, 7) is 4.07. The van der Waals surface area contributed by atoms with Gasteiger partial charge in [0.05, 0.1) is 7.11 Å². The van der Waals surface area contributed by atoms with Crippen LogP contribution in [-0.4, -0.2) is 24.2 Å². The molecule has 1 unspecified atom stereocenters. The predicted molar refractivity (Wildman–Crippen MR) is 71.0 cm³/mol. The molecular weight excluding hydrogens is 230 g/mol. The average molecular weight is 251 g/mol. The SMILES string of the molecule is COc1cc(C)cc(C)c1CCCC(N)C(=O)O. The summed E-state index contributed by atoms with van der Waals surface area (Å²) >= 11 is 0. The molecule has 0 aromatic heterocycles. The van der Waals surface area contributed by atoms with Crippen LogP contribution in [0.5, 0.6) is 5.75 Å². The van der Waals surface area contributed by atoms with Crippen molar-refractivity contribution >= 4 is 5.97 Å². The largest absolute Gasteiger partial charge is 0.496 e. The third-order valence-electron chi connectivity index (χ3n) is 3.06. The molecule has 0 aliphatic carbocycles. The molecule has 0 aliphatic rings. The van der Waals surface area contributed by atoms with E-state index in [-0.39, 0.29) is 0 Å². The van der Waals surface area contributed by atoms with Gasteiger partial charge in [-0.3, -0.25) is 4.79 Å². The summed E-state index contributed by atoms with van der Waals surface area (Å²) in [5.74, 6) is -0.0704. The monoisotopic (exact) mass is 251 g/mol. The number of rotatable bonds is 6. The van der Waals surface area contributed by atoms with Crippen molar-refractivity contribution in [2.75, 3.05) is 7.11 Å². The molecule has 0 aliphatic heterocycles. The molecule has 3 N–H and O–H groups in total. The summed E-state index contributed by atoms with van der Waals surface area (Å²) < 4.78 is 5.36. The van der Waals surface area contributed by atoms with Crippen molar-refractivity contribution in [2.24, 2.45) is 5.73 Å². The molecule has 0 spiro atoms. The van der Waals surface area contributed by atoms with Crippen LogP contribution in [0.3, 0.4) is 0 Å². The van der Waals surface area contributed by atoms with Crippen LogP contribution in [-0.2, 0) is 11.2 Å². The lowest BCUT2D eigenvalue weighted by Crippen LogP contribution is -2.29. The third kappa shape index (κ3) is 3.74. The van der Waals surface area contributed by atoms with E-state index in [0.29, 0.717) is 6.42 Å². The zero-order valence-corrected chi connectivity index (χ0v) is 11.2. The second-order valence-electron chi connectivity index (χ2n) is 4.60. The Morgan fingerprint density at radius 1 is 1.44 bits per heavy atom. The van der Waals surface area contributed by atoms with E-state index in [2.05, 4.69) is 6.07 Å². The lowest BCUT2D eigenvalue weighted by molar-refractivity contribution is -0.138. The van der Waals surface area contributed by atoms with Gasteiger partial charge in [0.2, 0.25) is 0 Å². The van der Waals surface area contributed by atoms with Gasteiger partial charge in [-0.15, -0.1) is 0 Å². The third-order valence-corrected chi connectivity index (χ3v) is 3.06. The molecule has 0 saturated carbocycles. The second-order valence-corrected chi connectivity index (χ2v) is 4.60. The number of hydrogen-bond acceptors (Lipinski definition) is 3. The van der Waals surface area contributed by atoms with Gasteiger partial charge in [0, 0.05) is 0 Å². The number of carbonyl (C=O) groups is 1. The van der Waals surface area contributed by atoms with Gasteiger partial charge < -0.3 is 15.6 Å². The number of aliphatic carboxylic acids is 1. The summed E-state index contributed by atoms with van der Waals surface area (Å²) in [5, 5.41) is 8.72. The molecule has 0 amide bonds. The van der Waals surface area contributed by atoms with E-state index in [1.165, 1.54) is 5.56 Å². The smallest absolute Gasteiger partial charge is 0.320 e. The first-order chi connectivity index (χ1) is 8.45. The molecule has 1 atom stereocenters. The Balaban J connectivity index is 2.70.